The van der Waals surface area contributed by atoms with E-state index in [4.69, 9.17) is 11.6 Å². The zero-order chi connectivity index (χ0) is 20.5. The van der Waals surface area contributed by atoms with Crippen molar-refractivity contribution >= 4 is 11.6 Å². The molecule has 1 aliphatic heterocycles. The van der Waals surface area contributed by atoms with E-state index in [0.717, 1.165) is 43.1 Å². The molecular weight excluding hydrogens is 384 g/mol. The smallest absolute Gasteiger partial charge is 0.290 e. The molecule has 1 atom stereocenters. The molecule has 1 unspecified atom stereocenters. The number of aryl methyl sites for hydroxylation is 2. The van der Waals surface area contributed by atoms with Gasteiger partial charge in [-0.15, -0.1) is 0 Å². The highest BCUT2D eigenvalue weighted by atomic mass is 35.5. The Morgan fingerprint density at radius 3 is 2.34 bits per heavy atom. The van der Waals surface area contributed by atoms with Gasteiger partial charge in [0.2, 0.25) is 0 Å². The molecule has 29 heavy (non-hydrogen) atoms. The lowest BCUT2D eigenvalue weighted by Gasteiger charge is -2.36. The zero-order valence-corrected chi connectivity index (χ0v) is 17.9. The molecule has 6 heteroatoms. The minimum atomic E-state index is -0.181. The Morgan fingerprint density at radius 2 is 1.69 bits per heavy atom. The van der Waals surface area contributed by atoms with Gasteiger partial charge < -0.3 is 5.32 Å². The first kappa shape index (κ1) is 20.0. The molecule has 1 fully saturated rings. The van der Waals surface area contributed by atoms with Crippen LogP contribution in [-0.2, 0) is 7.05 Å². The fraction of sp³-hybridized carbons (Fsp3) is 0.348. The molecule has 0 amide bonds. The van der Waals surface area contributed by atoms with Gasteiger partial charge in [0, 0.05) is 33.2 Å². The molecule has 152 valence electrons. The van der Waals surface area contributed by atoms with Crippen molar-refractivity contribution in [3.63, 3.8) is 0 Å². The first-order valence-electron chi connectivity index (χ1n) is 10.0. The molecule has 0 bridgehead atoms. The molecule has 2 heterocycles. The second kappa shape index (κ2) is 8.19. The lowest BCUT2D eigenvalue weighted by molar-refractivity contribution is 0.191. The van der Waals surface area contributed by atoms with Gasteiger partial charge in [0.1, 0.15) is 5.02 Å². The van der Waals surface area contributed by atoms with E-state index in [1.807, 2.05) is 42.1 Å². The van der Waals surface area contributed by atoms with E-state index in [0.29, 0.717) is 0 Å². The summed E-state index contributed by atoms with van der Waals surface area (Å²) >= 11 is 6.71. The lowest BCUT2D eigenvalue weighted by atomic mass is 9.97. The first-order chi connectivity index (χ1) is 14.0. The maximum absolute atomic E-state index is 13.1. The van der Waals surface area contributed by atoms with Crippen LogP contribution in [0.2, 0.25) is 5.02 Å². The maximum atomic E-state index is 13.1. The molecule has 1 aromatic heterocycles. The zero-order valence-electron chi connectivity index (χ0n) is 17.2. The molecule has 1 saturated heterocycles. The van der Waals surface area contributed by atoms with Crippen LogP contribution in [0.5, 0.6) is 0 Å². The van der Waals surface area contributed by atoms with Crippen molar-refractivity contribution in [3.05, 3.63) is 86.3 Å². The second-order valence-corrected chi connectivity index (χ2v) is 8.09. The predicted molar refractivity (Wildman–Crippen MR) is 118 cm³/mol. The largest absolute Gasteiger partial charge is 0.314 e. The Bertz CT molecular complexity index is 1060. The normalized spacial score (nSPS) is 16.1. The molecule has 0 radical (unpaired) electrons. The maximum Gasteiger partial charge on any atom is 0.290 e. The summed E-state index contributed by atoms with van der Waals surface area (Å²) in [5, 5.41) is 3.71. The van der Waals surface area contributed by atoms with E-state index >= 15 is 0 Å². The highest BCUT2D eigenvalue weighted by molar-refractivity contribution is 6.31. The van der Waals surface area contributed by atoms with Crippen molar-refractivity contribution in [2.24, 2.45) is 7.05 Å². The summed E-state index contributed by atoms with van der Waals surface area (Å²) in [5.74, 6) is 0. The number of nitrogens with zero attached hydrogens (tertiary/aromatic N) is 3. The monoisotopic (exact) mass is 410 g/mol. The quantitative estimate of drug-likeness (QED) is 0.716. The van der Waals surface area contributed by atoms with Crippen LogP contribution in [0.4, 0.5) is 0 Å². The number of benzene rings is 2. The lowest BCUT2D eigenvalue weighted by Crippen LogP contribution is -2.46. The van der Waals surface area contributed by atoms with E-state index in [2.05, 4.69) is 42.3 Å². The van der Waals surface area contributed by atoms with Crippen LogP contribution in [0.15, 0.2) is 53.3 Å². The molecule has 1 aliphatic rings. The van der Waals surface area contributed by atoms with Gasteiger partial charge in [0.15, 0.2) is 0 Å². The molecule has 0 aliphatic carbocycles. The van der Waals surface area contributed by atoms with Crippen molar-refractivity contribution in [2.75, 3.05) is 26.2 Å². The highest BCUT2D eigenvalue weighted by Gasteiger charge is 2.31. The van der Waals surface area contributed by atoms with E-state index < -0.39 is 0 Å². The van der Waals surface area contributed by atoms with Crippen molar-refractivity contribution < 1.29 is 0 Å². The van der Waals surface area contributed by atoms with Crippen LogP contribution >= 0.6 is 11.6 Å². The highest BCUT2D eigenvalue weighted by Crippen LogP contribution is 2.33. The van der Waals surface area contributed by atoms with Crippen LogP contribution in [0.25, 0.3) is 5.69 Å². The summed E-state index contributed by atoms with van der Waals surface area (Å²) in [4.78, 5) is 15.5. The molecule has 2 aromatic carbocycles. The Hall–Kier alpha value is -2.34. The molecule has 0 saturated carbocycles. The third-order valence-corrected chi connectivity index (χ3v) is 6.23. The van der Waals surface area contributed by atoms with Gasteiger partial charge in [-0.05, 0) is 42.7 Å². The van der Waals surface area contributed by atoms with Gasteiger partial charge in [0.05, 0.1) is 17.4 Å². The number of para-hydroxylation sites is 1. The van der Waals surface area contributed by atoms with Gasteiger partial charge in [-0.1, -0.05) is 48.0 Å². The first-order valence-corrected chi connectivity index (χ1v) is 10.4. The number of nitrogens with one attached hydrogen (secondary N) is 1. The molecule has 3 aromatic rings. The second-order valence-electron chi connectivity index (χ2n) is 7.71. The average molecular weight is 411 g/mol. The Kier molecular flexibility index (Phi) is 5.63. The number of piperazine rings is 1. The van der Waals surface area contributed by atoms with Gasteiger partial charge in [-0.3, -0.25) is 14.4 Å². The molecule has 4 rings (SSSR count). The summed E-state index contributed by atoms with van der Waals surface area (Å²) in [6.45, 7) is 7.90. The topological polar surface area (TPSA) is 42.2 Å². The SMILES string of the molecule is Cc1ccc(C(c2c(Cl)c(=O)n(-c3ccccc3)n2C)N2CCNCC2)cc1C. The van der Waals surface area contributed by atoms with Crippen molar-refractivity contribution in [2.45, 2.75) is 19.9 Å². The fourth-order valence-corrected chi connectivity index (χ4v) is 4.47. The van der Waals surface area contributed by atoms with Gasteiger partial charge in [-0.25, -0.2) is 4.68 Å². The van der Waals surface area contributed by atoms with Crippen LogP contribution in [0.1, 0.15) is 28.4 Å². The van der Waals surface area contributed by atoms with Crippen molar-refractivity contribution in [1.82, 2.24) is 19.6 Å². The fourth-order valence-electron chi connectivity index (χ4n) is 4.16. The van der Waals surface area contributed by atoms with Gasteiger partial charge >= 0.3 is 0 Å². The third kappa shape index (κ3) is 3.66. The average Bonchev–Trinajstić information content (AvgIpc) is 2.96. The predicted octanol–water partition coefficient (Wildman–Crippen LogP) is 3.44. The summed E-state index contributed by atoms with van der Waals surface area (Å²) in [6, 6.07) is 16.1. The Labute approximate surface area is 176 Å². The van der Waals surface area contributed by atoms with Crippen LogP contribution in [0.3, 0.4) is 0 Å². The van der Waals surface area contributed by atoms with Crippen molar-refractivity contribution in [1.29, 1.82) is 0 Å². The van der Waals surface area contributed by atoms with Crippen molar-refractivity contribution in [3.8, 4) is 5.69 Å². The van der Waals surface area contributed by atoms with E-state index in [1.54, 1.807) is 4.68 Å². The minimum Gasteiger partial charge on any atom is -0.314 e. The molecular formula is C23H27ClN4O. The third-order valence-electron chi connectivity index (χ3n) is 5.88. The van der Waals surface area contributed by atoms with Crippen LogP contribution < -0.4 is 10.9 Å². The van der Waals surface area contributed by atoms with E-state index in [9.17, 15) is 4.79 Å². The number of hydrogen-bond donors (Lipinski definition) is 1. The summed E-state index contributed by atoms with van der Waals surface area (Å²) in [6.07, 6.45) is 0. The summed E-state index contributed by atoms with van der Waals surface area (Å²) in [5.41, 5.74) is 5.14. The summed E-state index contributed by atoms with van der Waals surface area (Å²) in [7, 11) is 1.92. The van der Waals surface area contributed by atoms with E-state index in [1.165, 1.54) is 11.1 Å². The number of hydrogen-bond acceptors (Lipinski definition) is 3. The van der Waals surface area contributed by atoms with E-state index in [-0.39, 0.29) is 16.6 Å². The molecule has 0 spiro atoms. The Balaban J connectivity index is 1.91. The standard InChI is InChI=1S/C23H27ClN4O/c1-16-9-10-18(15-17(16)2)21(27-13-11-25-12-14-27)22-20(24)23(29)28(26(22)3)19-7-5-4-6-8-19/h4-10,15,21,25H,11-14H2,1-3H3. The molecule has 1 N–H and O–H groups in total. The van der Waals surface area contributed by atoms with Gasteiger partial charge in [0.25, 0.3) is 5.56 Å². The van der Waals surface area contributed by atoms with Crippen LogP contribution in [0, 0.1) is 13.8 Å². The number of rotatable bonds is 4. The number of halogens is 1. The summed E-state index contributed by atoms with van der Waals surface area (Å²) < 4.78 is 3.58. The molecule has 5 nitrogen and oxygen atoms in total. The van der Waals surface area contributed by atoms with Gasteiger partial charge in [-0.2, -0.15) is 0 Å². The van der Waals surface area contributed by atoms with Crippen LogP contribution in [-0.4, -0.2) is 40.4 Å². The Morgan fingerprint density at radius 1 is 1.00 bits per heavy atom. The minimum absolute atomic E-state index is 0.0773. The number of aromatic nitrogens is 2.